The average Bonchev–Trinajstić information content (AvgIpc) is 2.95. The van der Waals surface area contributed by atoms with Crippen LogP contribution in [0.15, 0.2) is 24.7 Å². The van der Waals surface area contributed by atoms with Crippen molar-refractivity contribution >= 4 is 5.69 Å². The number of halogens is 2. The molecule has 0 radical (unpaired) electrons. The molecule has 102 valence electrons. The Hall–Kier alpha value is -2.32. The van der Waals surface area contributed by atoms with E-state index in [-0.39, 0.29) is 5.69 Å². The van der Waals surface area contributed by atoms with Crippen LogP contribution in [0.25, 0.3) is 0 Å². The van der Waals surface area contributed by atoms with Gasteiger partial charge >= 0.3 is 5.69 Å². The minimum atomic E-state index is -2.52. The number of hydrogen-bond donors (Lipinski definition) is 0. The van der Waals surface area contributed by atoms with Gasteiger partial charge in [0, 0.05) is 6.20 Å². The molecule has 2 heterocycles. The first-order chi connectivity index (χ1) is 8.99. The van der Waals surface area contributed by atoms with Gasteiger partial charge in [0.2, 0.25) is 0 Å². The quantitative estimate of drug-likeness (QED) is 0.614. The summed E-state index contributed by atoms with van der Waals surface area (Å²) in [6.07, 6.45) is 1.26. The molecular weight excluding hydrogens is 260 g/mol. The second kappa shape index (κ2) is 5.12. The van der Waals surface area contributed by atoms with Crippen molar-refractivity contribution in [3.63, 3.8) is 0 Å². The van der Waals surface area contributed by atoms with E-state index in [9.17, 15) is 18.9 Å². The van der Waals surface area contributed by atoms with Gasteiger partial charge in [0.25, 0.3) is 6.43 Å². The van der Waals surface area contributed by atoms with Crippen LogP contribution in [0.3, 0.4) is 0 Å². The van der Waals surface area contributed by atoms with Gasteiger partial charge in [0.1, 0.15) is 18.9 Å². The molecule has 0 aromatic carbocycles. The summed E-state index contributed by atoms with van der Waals surface area (Å²) in [5, 5.41) is 18.2. The third kappa shape index (κ3) is 2.75. The van der Waals surface area contributed by atoms with Crippen LogP contribution in [0.4, 0.5) is 14.5 Å². The molecule has 2 aromatic heterocycles. The molecule has 0 amide bonds. The summed E-state index contributed by atoms with van der Waals surface area (Å²) in [5.41, 5.74) is 0.366. The molecular formula is C10H11F2N5O2. The first kappa shape index (κ1) is 13.1. The molecule has 0 aliphatic heterocycles. The molecule has 7 nitrogen and oxygen atoms in total. The summed E-state index contributed by atoms with van der Waals surface area (Å²) in [4.78, 5) is 10.0. The van der Waals surface area contributed by atoms with Crippen molar-refractivity contribution in [3.05, 3.63) is 40.5 Å². The maximum atomic E-state index is 12.4. The Morgan fingerprint density at radius 3 is 2.79 bits per heavy atom. The molecule has 19 heavy (non-hydrogen) atoms. The monoisotopic (exact) mass is 271 g/mol. The highest BCUT2D eigenvalue weighted by Crippen LogP contribution is 2.20. The Kier molecular flexibility index (Phi) is 3.54. The molecule has 0 bridgehead atoms. The molecule has 2 aromatic rings. The number of hydrogen-bond acceptors (Lipinski definition) is 4. The standard InChI is InChI=1S/C10H11F2N5O2/c1-7(15-5-8(4-14-15)17(18)19)9-2-3-13-16(9)6-10(11)12/h2-5,7,10H,6H2,1H3. The number of rotatable bonds is 5. The van der Waals surface area contributed by atoms with E-state index in [1.807, 2.05) is 0 Å². The molecule has 9 heteroatoms. The van der Waals surface area contributed by atoms with Crippen molar-refractivity contribution in [2.75, 3.05) is 0 Å². The predicted octanol–water partition coefficient (Wildman–Crippen LogP) is 1.86. The van der Waals surface area contributed by atoms with Gasteiger partial charge in [0.05, 0.1) is 16.7 Å². The van der Waals surface area contributed by atoms with Crippen molar-refractivity contribution in [2.24, 2.45) is 0 Å². The third-order valence-electron chi connectivity index (χ3n) is 2.68. The highest BCUT2D eigenvalue weighted by Gasteiger charge is 2.18. The zero-order valence-corrected chi connectivity index (χ0v) is 9.98. The van der Waals surface area contributed by atoms with Crippen LogP contribution in [0.5, 0.6) is 0 Å². The molecule has 0 saturated carbocycles. The maximum absolute atomic E-state index is 12.4. The molecule has 1 atom stereocenters. The highest BCUT2D eigenvalue weighted by atomic mass is 19.3. The van der Waals surface area contributed by atoms with Gasteiger partial charge in [-0.05, 0) is 13.0 Å². The third-order valence-corrected chi connectivity index (χ3v) is 2.68. The molecule has 1 unspecified atom stereocenters. The first-order valence-corrected chi connectivity index (χ1v) is 5.47. The van der Waals surface area contributed by atoms with E-state index < -0.39 is 23.9 Å². The molecule has 0 aliphatic carbocycles. The van der Waals surface area contributed by atoms with Crippen LogP contribution >= 0.6 is 0 Å². The van der Waals surface area contributed by atoms with Gasteiger partial charge in [-0.3, -0.25) is 19.5 Å². The fourth-order valence-corrected chi connectivity index (χ4v) is 1.75. The van der Waals surface area contributed by atoms with E-state index in [4.69, 9.17) is 0 Å². The van der Waals surface area contributed by atoms with Crippen molar-refractivity contribution in [3.8, 4) is 0 Å². The molecule has 0 aliphatic rings. The van der Waals surface area contributed by atoms with Gasteiger partial charge in [-0.1, -0.05) is 0 Å². The van der Waals surface area contributed by atoms with Crippen LogP contribution < -0.4 is 0 Å². The van der Waals surface area contributed by atoms with E-state index in [0.717, 1.165) is 6.20 Å². The van der Waals surface area contributed by atoms with E-state index in [0.29, 0.717) is 5.69 Å². The van der Waals surface area contributed by atoms with Gasteiger partial charge in [-0.2, -0.15) is 10.2 Å². The number of nitro groups is 1. The Balaban J connectivity index is 2.25. The molecule has 0 fully saturated rings. The second-order valence-electron chi connectivity index (χ2n) is 3.94. The van der Waals surface area contributed by atoms with E-state index in [1.54, 1.807) is 13.0 Å². The lowest BCUT2D eigenvalue weighted by molar-refractivity contribution is -0.385. The fourth-order valence-electron chi connectivity index (χ4n) is 1.75. The van der Waals surface area contributed by atoms with Crippen LogP contribution in [-0.2, 0) is 6.54 Å². The number of aromatic nitrogens is 4. The molecule has 0 N–H and O–H groups in total. The van der Waals surface area contributed by atoms with E-state index in [1.165, 1.54) is 21.8 Å². The van der Waals surface area contributed by atoms with Crippen molar-refractivity contribution in [1.29, 1.82) is 0 Å². The number of alkyl halides is 2. The lowest BCUT2D eigenvalue weighted by Crippen LogP contribution is -2.17. The highest BCUT2D eigenvalue weighted by molar-refractivity contribution is 5.22. The Morgan fingerprint density at radius 1 is 1.47 bits per heavy atom. The summed E-state index contributed by atoms with van der Waals surface area (Å²) in [7, 11) is 0. The van der Waals surface area contributed by atoms with Crippen molar-refractivity contribution in [1.82, 2.24) is 19.6 Å². The Labute approximate surface area is 106 Å². The minimum absolute atomic E-state index is 0.147. The molecule has 0 saturated heterocycles. The zero-order chi connectivity index (χ0) is 14.0. The normalized spacial score (nSPS) is 12.8. The van der Waals surface area contributed by atoms with Gasteiger partial charge < -0.3 is 0 Å². The van der Waals surface area contributed by atoms with Gasteiger partial charge in [0.15, 0.2) is 0 Å². The summed E-state index contributed by atoms with van der Waals surface area (Å²) < 4.78 is 27.3. The fraction of sp³-hybridized carbons (Fsp3) is 0.400. The lowest BCUT2D eigenvalue weighted by atomic mass is 10.2. The molecule has 2 rings (SSSR count). The summed E-state index contributed by atoms with van der Waals surface area (Å²) in [5.74, 6) is 0. The topological polar surface area (TPSA) is 78.8 Å². The predicted molar refractivity (Wildman–Crippen MR) is 60.9 cm³/mol. The lowest BCUT2D eigenvalue weighted by Gasteiger charge is -2.14. The van der Waals surface area contributed by atoms with Crippen LogP contribution in [-0.4, -0.2) is 30.9 Å². The Bertz CT molecular complexity index is 580. The SMILES string of the molecule is CC(c1ccnn1CC(F)F)n1cc([N+](=O)[O-])cn1. The van der Waals surface area contributed by atoms with Crippen LogP contribution in [0.1, 0.15) is 18.7 Å². The maximum Gasteiger partial charge on any atom is 0.307 e. The number of nitrogens with zero attached hydrogens (tertiary/aromatic N) is 5. The van der Waals surface area contributed by atoms with Gasteiger partial charge in [-0.25, -0.2) is 8.78 Å². The first-order valence-electron chi connectivity index (χ1n) is 5.47. The largest absolute Gasteiger partial charge is 0.307 e. The average molecular weight is 271 g/mol. The van der Waals surface area contributed by atoms with Gasteiger partial charge in [-0.15, -0.1) is 0 Å². The van der Waals surface area contributed by atoms with E-state index >= 15 is 0 Å². The second-order valence-corrected chi connectivity index (χ2v) is 3.94. The van der Waals surface area contributed by atoms with Crippen molar-refractivity contribution in [2.45, 2.75) is 25.9 Å². The van der Waals surface area contributed by atoms with Crippen LogP contribution in [0.2, 0.25) is 0 Å². The zero-order valence-electron chi connectivity index (χ0n) is 9.98. The summed E-state index contributed by atoms with van der Waals surface area (Å²) in [6, 6.07) is 1.16. The minimum Gasteiger partial charge on any atom is -0.262 e. The van der Waals surface area contributed by atoms with Crippen molar-refractivity contribution < 1.29 is 13.7 Å². The smallest absolute Gasteiger partial charge is 0.262 e. The summed E-state index contributed by atoms with van der Waals surface area (Å²) >= 11 is 0. The van der Waals surface area contributed by atoms with E-state index in [2.05, 4.69) is 10.2 Å². The summed E-state index contributed by atoms with van der Waals surface area (Å²) in [6.45, 7) is 1.19. The Morgan fingerprint density at radius 2 is 2.21 bits per heavy atom. The van der Waals surface area contributed by atoms with Crippen LogP contribution in [0, 0.1) is 10.1 Å². The molecule has 0 spiro atoms.